The van der Waals surface area contributed by atoms with Gasteiger partial charge in [-0.15, -0.1) is 0 Å². The van der Waals surface area contributed by atoms with Crippen LogP contribution >= 0.6 is 0 Å². The molecule has 0 spiro atoms. The van der Waals surface area contributed by atoms with E-state index in [4.69, 9.17) is 0 Å². The summed E-state index contributed by atoms with van der Waals surface area (Å²) in [7, 11) is -1.79. The lowest BCUT2D eigenvalue weighted by Gasteiger charge is -2.26. The predicted octanol–water partition coefficient (Wildman–Crippen LogP) is 0.592. The minimum Gasteiger partial charge on any atom is -0.332 e. The second kappa shape index (κ2) is 6.02. The number of piperidine rings is 1. The van der Waals surface area contributed by atoms with Gasteiger partial charge < -0.3 is 10.3 Å². The summed E-state index contributed by atoms with van der Waals surface area (Å²) >= 11 is 0. The van der Waals surface area contributed by atoms with Crippen LogP contribution in [0, 0.1) is 5.92 Å². The summed E-state index contributed by atoms with van der Waals surface area (Å²) in [5.41, 5.74) is 0. The van der Waals surface area contributed by atoms with Crippen LogP contribution in [0.1, 0.15) is 25.6 Å². The van der Waals surface area contributed by atoms with Crippen molar-refractivity contribution in [2.75, 3.05) is 26.7 Å². The third kappa shape index (κ3) is 3.34. The standard InChI is InChI=1S/C12H22N4O2S/c1-3-11-14-8-12(15-11)19(17,18)16(2)9-10-4-6-13-7-5-10/h8,10,13H,3-7,9H2,1-2H3,(H,14,15). The fourth-order valence-electron chi connectivity index (χ4n) is 2.35. The lowest BCUT2D eigenvalue weighted by molar-refractivity contribution is 0.310. The van der Waals surface area contributed by atoms with E-state index in [9.17, 15) is 8.42 Å². The molecule has 0 saturated carbocycles. The van der Waals surface area contributed by atoms with Gasteiger partial charge in [-0.25, -0.2) is 13.4 Å². The second-order valence-electron chi connectivity index (χ2n) is 5.03. The highest BCUT2D eigenvalue weighted by atomic mass is 32.2. The molecule has 1 aromatic heterocycles. The van der Waals surface area contributed by atoms with E-state index >= 15 is 0 Å². The van der Waals surface area contributed by atoms with Crippen LogP contribution in [-0.2, 0) is 16.4 Å². The zero-order valence-electron chi connectivity index (χ0n) is 11.5. The Morgan fingerprint density at radius 1 is 1.42 bits per heavy atom. The molecule has 0 amide bonds. The van der Waals surface area contributed by atoms with E-state index in [2.05, 4.69) is 15.3 Å². The Morgan fingerprint density at radius 2 is 2.11 bits per heavy atom. The van der Waals surface area contributed by atoms with E-state index in [1.807, 2.05) is 6.92 Å². The topological polar surface area (TPSA) is 78.1 Å². The quantitative estimate of drug-likeness (QED) is 0.830. The molecular formula is C12H22N4O2S. The maximum Gasteiger partial charge on any atom is 0.259 e. The van der Waals surface area contributed by atoms with E-state index in [0.29, 0.717) is 24.7 Å². The lowest BCUT2D eigenvalue weighted by atomic mass is 9.98. The number of hydrogen-bond donors (Lipinski definition) is 2. The molecule has 1 aromatic rings. The minimum absolute atomic E-state index is 0.195. The van der Waals surface area contributed by atoms with Crippen LogP contribution in [-0.4, -0.2) is 49.4 Å². The van der Waals surface area contributed by atoms with Gasteiger partial charge in [0.1, 0.15) is 5.82 Å². The molecular weight excluding hydrogens is 264 g/mol. The van der Waals surface area contributed by atoms with Gasteiger partial charge in [-0.2, -0.15) is 4.31 Å². The molecule has 2 heterocycles. The first-order chi connectivity index (χ1) is 9.04. The van der Waals surface area contributed by atoms with Crippen LogP contribution in [0.15, 0.2) is 11.2 Å². The molecule has 0 bridgehead atoms. The zero-order valence-corrected chi connectivity index (χ0v) is 12.3. The van der Waals surface area contributed by atoms with Crippen LogP contribution in [0.25, 0.3) is 0 Å². The summed E-state index contributed by atoms with van der Waals surface area (Å²) in [6, 6.07) is 0. The molecule has 0 radical (unpaired) electrons. The summed E-state index contributed by atoms with van der Waals surface area (Å²) < 4.78 is 26.2. The summed E-state index contributed by atoms with van der Waals surface area (Å²) in [4.78, 5) is 6.93. The van der Waals surface area contributed by atoms with Crippen LogP contribution in [0.4, 0.5) is 0 Å². The highest BCUT2D eigenvalue weighted by Gasteiger charge is 2.26. The third-order valence-corrected chi connectivity index (χ3v) is 5.34. The fraction of sp³-hybridized carbons (Fsp3) is 0.750. The van der Waals surface area contributed by atoms with Gasteiger partial charge in [0.05, 0.1) is 6.20 Å². The van der Waals surface area contributed by atoms with Crippen molar-refractivity contribution in [1.82, 2.24) is 19.6 Å². The van der Waals surface area contributed by atoms with Crippen molar-refractivity contribution in [2.24, 2.45) is 5.92 Å². The van der Waals surface area contributed by atoms with Crippen molar-refractivity contribution in [3.63, 3.8) is 0 Å². The Morgan fingerprint density at radius 3 is 2.68 bits per heavy atom. The molecule has 0 aromatic carbocycles. The zero-order chi connectivity index (χ0) is 13.9. The molecule has 0 atom stereocenters. The second-order valence-corrected chi connectivity index (χ2v) is 7.04. The Hall–Kier alpha value is -0.920. The summed E-state index contributed by atoms with van der Waals surface area (Å²) in [5, 5.41) is 3.48. The Bertz CT molecular complexity index is 506. The molecule has 1 saturated heterocycles. The van der Waals surface area contributed by atoms with Gasteiger partial charge in [0, 0.05) is 20.0 Å². The number of rotatable bonds is 5. The molecule has 19 heavy (non-hydrogen) atoms. The van der Waals surface area contributed by atoms with Crippen LogP contribution in [0.2, 0.25) is 0 Å². The van der Waals surface area contributed by atoms with Crippen molar-refractivity contribution in [3.05, 3.63) is 12.0 Å². The average Bonchev–Trinajstić information content (AvgIpc) is 2.89. The van der Waals surface area contributed by atoms with Gasteiger partial charge in [0.25, 0.3) is 10.0 Å². The number of aromatic nitrogens is 2. The first-order valence-electron chi connectivity index (χ1n) is 6.75. The van der Waals surface area contributed by atoms with Crippen LogP contribution < -0.4 is 5.32 Å². The van der Waals surface area contributed by atoms with E-state index in [0.717, 1.165) is 25.9 Å². The Kier molecular flexibility index (Phi) is 4.59. The molecule has 1 aliphatic heterocycles. The van der Waals surface area contributed by atoms with Crippen molar-refractivity contribution >= 4 is 10.0 Å². The van der Waals surface area contributed by atoms with E-state index in [-0.39, 0.29) is 5.03 Å². The molecule has 7 heteroatoms. The van der Waals surface area contributed by atoms with E-state index < -0.39 is 10.0 Å². The number of imidazole rings is 1. The lowest BCUT2D eigenvalue weighted by Crippen LogP contribution is -2.37. The molecule has 0 unspecified atom stereocenters. The smallest absolute Gasteiger partial charge is 0.259 e. The predicted molar refractivity (Wildman–Crippen MR) is 73.4 cm³/mol. The van der Waals surface area contributed by atoms with Crippen molar-refractivity contribution in [2.45, 2.75) is 31.2 Å². The van der Waals surface area contributed by atoms with Gasteiger partial charge >= 0.3 is 0 Å². The summed E-state index contributed by atoms with van der Waals surface area (Å²) in [5.74, 6) is 1.14. The molecule has 2 N–H and O–H groups in total. The highest BCUT2D eigenvalue weighted by molar-refractivity contribution is 7.89. The van der Waals surface area contributed by atoms with Crippen molar-refractivity contribution in [1.29, 1.82) is 0 Å². The fourth-order valence-corrected chi connectivity index (χ4v) is 3.52. The number of H-pyrrole nitrogens is 1. The third-order valence-electron chi connectivity index (χ3n) is 3.60. The summed E-state index contributed by atoms with van der Waals surface area (Å²) in [6.45, 7) is 4.46. The first kappa shape index (κ1) is 14.5. The molecule has 1 fully saturated rings. The van der Waals surface area contributed by atoms with Gasteiger partial charge in [-0.05, 0) is 31.8 Å². The largest absolute Gasteiger partial charge is 0.332 e. The molecule has 2 rings (SSSR count). The molecule has 1 aliphatic rings. The number of sulfonamides is 1. The van der Waals surface area contributed by atoms with Gasteiger partial charge in [-0.1, -0.05) is 6.92 Å². The number of aromatic amines is 1. The van der Waals surface area contributed by atoms with Crippen LogP contribution in [0.5, 0.6) is 0 Å². The van der Waals surface area contributed by atoms with Gasteiger partial charge in [0.2, 0.25) is 0 Å². The summed E-state index contributed by atoms with van der Waals surface area (Å²) in [6.07, 6.45) is 4.17. The van der Waals surface area contributed by atoms with Crippen molar-refractivity contribution < 1.29 is 8.42 Å². The van der Waals surface area contributed by atoms with Crippen molar-refractivity contribution in [3.8, 4) is 0 Å². The molecule has 108 valence electrons. The van der Waals surface area contributed by atoms with Gasteiger partial charge in [0.15, 0.2) is 5.03 Å². The molecule has 0 aliphatic carbocycles. The number of hydrogen-bond acceptors (Lipinski definition) is 4. The number of aryl methyl sites for hydroxylation is 1. The maximum atomic E-state index is 12.4. The Labute approximate surface area is 114 Å². The van der Waals surface area contributed by atoms with E-state index in [1.54, 1.807) is 7.05 Å². The van der Waals surface area contributed by atoms with Gasteiger partial charge in [-0.3, -0.25) is 0 Å². The number of nitrogens with one attached hydrogen (secondary N) is 2. The maximum absolute atomic E-state index is 12.4. The monoisotopic (exact) mass is 286 g/mol. The highest BCUT2D eigenvalue weighted by Crippen LogP contribution is 2.18. The molecule has 6 nitrogen and oxygen atoms in total. The average molecular weight is 286 g/mol. The van der Waals surface area contributed by atoms with E-state index in [1.165, 1.54) is 10.5 Å². The normalized spacial score (nSPS) is 18.1. The minimum atomic E-state index is -3.43. The number of nitrogens with zero attached hydrogens (tertiary/aromatic N) is 2. The Balaban J connectivity index is 2.05. The first-order valence-corrected chi connectivity index (χ1v) is 8.19. The SMILES string of the molecule is CCc1ncc(S(=O)(=O)N(C)CC2CCNCC2)[nH]1. The van der Waals surface area contributed by atoms with Crippen LogP contribution in [0.3, 0.4) is 0 Å².